The van der Waals surface area contributed by atoms with Crippen LogP contribution in [0.5, 0.6) is 11.8 Å². The summed E-state index contributed by atoms with van der Waals surface area (Å²) in [6, 6.07) is 13.4. The second-order valence-corrected chi connectivity index (χ2v) is 7.53. The van der Waals surface area contributed by atoms with E-state index in [9.17, 15) is 24.2 Å². The molecule has 4 aromatic rings. The minimum atomic E-state index is -0.761. The summed E-state index contributed by atoms with van der Waals surface area (Å²) in [6.07, 6.45) is 0. The number of fused-ring (bicyclic) bond motifs is 1. The molecular weight excluding hydrogens is 409 g/mol. The molecule has 2 amide bonds. The highest BCUT2D eigenvalue weighted by Gasteiger charge is 2.16. The van der Waals surface area contributed by atoms with Gasteiger partial charge in [-0.2, -0.15) is 0 Å². The van der Waals surface area contributed by atoms with Gasteiger partial charge in [-0.25, -0.2) is 4.39 Å². The van der Waals surface area contributed by atoms with Crippen molar-refractivity contribution in [3.63, 3.8) is 0 Å². The number of hydrogen-bond acceptors (Lipinski definition) is 5. The van der Waals surface area contributed by atoms with Crippen LogP contribution < -0.4 is 0 Å². The Balaban J connectivity index is 1.53. The van der Waals surface area contributed by atoms with Crippen LogP contribution in [0.2, 0.25) is 0 Å². The molecule has 0 radical (unpaired) electrons. The van der Waals surface area contributed by atoms with Crippen LogP contribution in [-0.2, 0) is 7.05 Å². The van der Waals surface area contributed by atoms with Crippen molar-refractivity contribution in [3.05, 3.63) is 70.9 Å². The molecule has 0 aliphatic rings. The Labute approximate surface area is 173 Å². The first-order chi connectivity index (χ1) is 14.3. The summed E-state index contributed by atoms with van der Waals surface area (Å²) < 4.78 is 14.2. The number of rotatable bonds is 3. The third-order valence-electron chi connectivity index (χ3n) is 4.56. The molecule has 4 rings (SSSR count). The van der Waals surface area contributed by atoms with Gasteiger partial charge in [0.1, 0.15) is 5.82 Å². The van der Waals surface area contributed by atoms with Crippen LogP contribution in [0.4, 0.5) is 4.39 Å². The van der Waals surface area contributed by atoms with Gasteiger partial charge in [0, 0.05) is 28.3 Å². The van der Waals surface area contributed by atoms with Crippen molar-refractivity contribution < 1.29 is 24.2 Å². The monoisotopic (exact) mass is 423 g/mol. The first kappa shape index (κ1) is 19.5. The van der Waals surface area contributed by atoms with Gasteiger partial charge < -0.3 is 10.2 Å². The van der Waals surface area contributed by atoms with E-state index in [-0.39, 0.29) is 33.4 Å². The molecule has 7 nitrogen and oxygen atoms in total. The second-order valence-electron chi connectivity index (χ2n) is 6.45. The number of azo groups is 1. The number of amides is 2. The Morgan fingerprint density at radius 3 is 2.30 bits per heavy atom. The lowest BCUT2D eigenvalue weighted by Crippen LogP contribution is -1.96. The highest BCUT2D eigenvalue weighted by atomic mass is 32.1. The quantitative estimate of drug-likeness (QED) is 0.458. The zero-order valence-electron chi connectivity index (χ0n) is 15.5. The summed E-state index contributed by atoms with van der Waals surface area (Å²) in [5.41, 5.74) is 0.866. The lowest BCUT2D eigenvalue weighted by atomic mass is 10.1. The molecule has 2 aromatic heterocycles. The number of halogens is 1. The molecule has 0 unspecified atom stereocenters. The van der Waals surface area contributed by atoms with E-state index in [0.717, 1.165) is 21.8 Å². The maximum Gasteiger partial charge on any atom is 0.305 e. The van der Waals surface area contributed by atoms with E-state index in [1.165, 1.54) is 41.9 Å². The van der Waals surface area contributed by atoms with E-state index in [2.05, 4.69) is 10.2 Å². The van der Waals surface area contributed by atoms with E-state index in [4.69, 9.17) is 0 Å². The van der Waals surface area contributed by atoms with Gasteiger partial charge >= 0.3 is 5.91 Å². The van der Waals surface area contributed by atoms with Crippen LogP contribution in [0, 0.1) is 5.82 Å². The summed E-state index contributed by atoms with van der Waals surface area (Å²) in [5, 5.41) is 27.6. The molecule has 30 heavy (non-hydrogen) atoms. The van der Waals surface area contributed by atoms with Gasteiger partial charge in [-0.15, -0.1) is 21.6 Å². The number of aromatic nitrogens is 1. The number of thiophene rings is 1. The Bertz CT molecular complexity index is 1320. The minimum Gasteiger partial charge on any atom is -0.494 e. The van der Waals surface area contributed by atoms with Crippen LogP contribution in [0.1, 0.15) is 20.0 Å². The highest BCUT2D eigenvalue weighted by molar-refractivity contribution is 7.17. The third-order valence-corrected chi connectivity index (χ3v) is 5.68. The molecule has 2 aromatic carbocycles. The summed E-state index contributed by atoms with van der Waals surface area (Å²) >= 11 is 1.15. The molecule has 0 aliphatic heterocycles. The highest BCUT2D eigenvalue weighted by Crippen LogP contribution is 2.35. The van der Waals surface area contributed by atoms with Crippen molar-refractivity contribution in [3.8, 4) is 22.2 Å². The normalized spacial score (nSPS) is 11.4. The predicted molar refractivity (Wildman–Crippen MR) is 109 cm³/mol. The first-order valence-corrected chi connectivity index (χ1v) is 9.53. The second kappa shape index (κ2) is 7.53. The van der Waals surface area contributed by atoms with Crippen molar-refractivity contribution in [1.82, 2.24) is 4.57 Å². The van der Waals surface area contributed by atoms with Gasteiger partial charge in [0.2, 0.25) is 11.8 Å². The smallest absolute Gasteiger partial charge is 0.305 e. The standard InChI is InChI=1S/C21H14FN3O4S/c1-25-20(28)14-7-4-12(10-15(14)21(25)29)18(26)23-24-19(27)17-9-8-16(30-17)11-2-5-13(22)6-3-11/h2-10,28-29H,1H3. The van der Waals surface area contributed by atoms with E-state index < -0.39 is 11.8 Å². The van der Waals surface area contributed by atoms with Crippen molar-refractivity contribution >= 4 is 33.9 Å². The van der Waals surface area contributed by atoms with Crippen molar-refractivity contribution in [2.24, 2.45) is 17.3 Å². The SMILES string of the molecule is Cn1c(O)c2ccc(C(=O)N=NC(=O)c3ccc(-c4ccc(F)cc4)s3)cc2c1O. The maximum atomic E-state index is 13.0. The molecule has 0 atom stereocenters. The van der Waals surface area contributed by atoms with Crippen LogP contribution in [0.3, 0.4) is 0 Å². The van der Waals surface area contributed by atoms with Crippen LogP contribution >= 0.6 is 11.3 Å². The maximum absolute atomic E-state index is 13.0. The number of carbonyl (C=O) groups is 2. The molecule has 0 aliphatic carbocycles. The number of benzene rings is 2. The Hall–Kier alpha value is -3.85. The molecule has 2 N–H and O–H groups in total. The molecule has 0 fully saturated rings. The first-order valence-electron chi connectivity index (χ1n) is 8.71. The topological polar surface area (TPSA) is 104 Å². The van der Waals surface area contributed by atoms with Gasteiger partial charge in [0.25, 0.3) is 5.91 Å². The largest absolute Gasteiger partial charge is 0.494 e. The molecule has 0 saturated carbocycles. The van der Waals surface area contributed by atoms with Crippen molar-refractivity contribution in [2.45, 2.75) is 0 Å². The van der Waals surface area contributed by atoms with Crippen molar-refractivity contribution in [2.75, 3.05) is 0 Å². The van der Waals surface area contributed by atoms with Crippen LogP contribution in [0.25, 0.3) is 21.2 Å². The number of aromatic hydroxyl groups is 2. The van der Waals surface area contributed by atoms with E-state index in [0.29, 0.717) is 5.39 Å². The molecule has 9 heteroatoms. The Kier molecular flexibility index (Phi) is 4.88. The average Bonchev–Trinajstić information content (AvgIpc) is 3.33. The Morgan fingerprint density at radius 2 is 1.57 bits per heavy atom. The fraction of sp³-hybridized carbons (Fsp3) is 0.0476. The van der Waals surface area contributed by atoms with Crippen LogP contribution in [-0.4, -0.2) is 26.6 Å². The van der Waals surface area contributed by atoms with Gasteiger partial charge in [0.05, 0.1) is 4.88 Å². The zero-order valence-corrected chi connectivity index (χ0v) is 16.4. The summed E-state index contributed by atoms with van der Waals surface area (Å²) in [5.74, 6) is -2.12. The number of carbonyl (C=O) groups excluding carboxylic acids is 2. The minimum absolute atomic E-state index is 0.109. The van der Waals surface area contributed by atoms with Crippen LogP contribution in [0.15, 0.2) is 64.8 Å². The molecular formula is C21H14FN3O4S. The zero-order chi connectivity index (χ0) is 21.4. The molecule has 2 heterocycles. The van der Waals surface area contributed by atoms with Gasteiger partial charge in [-0.3, -0.25) is 14.2 Å². The van der Waals surface area contributed by atoms with E-state index in [1.807, 2.05) is 0 Å². The lowest BCUT2D eigenvalue weighted by molar-refractivity contribution is 0.0949. The molecule has 150 valence electrons. The summed E-state index contributed by atoms with van der Waals surface area (Å²) in [6.45, 7) is 0. The summed E-state index contributed by atoms with van der Waals surface area (Å²) in [4.78, 5) is 25.6. The van der Waals surface area contributed by atoms with Gasteiger partial charge in [-0.05, 0) is 48.0 Å². The Morgan fingerprint density at radius 1 is 0.900 bits per heavy atom. The van der Waals surface area contributed by atoms with Gasteiger partial charge in [-0.1, -0.05) is 12.1 Å². The average molecular weight is 423 g/mol. The summed E-state index contributed by atoms with van der Waals surface area (Å²) in [7, 11) is 1.48. The number of nitrogens with zero attached hydrogens (tertiary/aromatic N) is 3. The number of hydrogen-bond donors (Lipinski definition) is 2. The van der Waals surface area contributed by atoms with E-state index in [1.54, 1.807) is 24.3 Å². The predicted octanol–water partition coefficient (Wildman–Crippen LogP) is 4.89. The van der Waals surface area contributed by atoms with Crippen molar-refractivity contribution in [1.29, 1.82) is 0 Å². The fourth-order valence-electron chi connectivity index (χ4n) is 2.94. The van der Waals surface area contributed by atoms with Gasteiger partial charge in [0.15, 0.2) is 0 Å². The third kappa shape index (κ3) is 3.46. The molecule has 0 bridgehead atoms. The molecule has 0 saturated heterocycles. The fourth-order valence-corrected chi connectivity index (χ4v) is 3.83. The lowest BCUT2D eigenvalue weighted by Gasteiger charge is -1.96. The van der Waals surface area contributed by atoms with E-state index >= 15 is 0 Å². The molecule has 0 spiro atoms.